The highest BCUT2D eigenvalue weighted by Crippen LogP contribution is 2.04. The second kappa shape index (κ2) is 8.44. The van der Waals surface area contributed by atoms with Crippen molar-refractivity contribution < 1.29 is 15.3 Å². The van der Waals surface area contributed by atoms with E-state index in [1.807, 2.05) is 0 Å². The summed E-state index contributed by atoms with van der Waals surface area (Å²) in [6.07, 6.45) is 1.80. The van der Waals surface area contributed by atoms with Crippen LogP contribution in [0.4, 0.5) is 0 Å². The number of rotatable bonds is 4. The summed E-state index contributed by atoms with van der Waals surface area (Å²) in [6, 6.07) is 0. The highest BCUT2D eigenvalue weighted by atomic mass is 16.3. The van der Waals surface area contributed by atoms with Gasteiger partial charge in [-0.05, 0) is 32.5 Å². The minimum Gasteiger partial charge on any atom is -0.394 e. The van der Waals surface area contributed by atoms with E-state index in [-0.39, 0.29) is 13.2 Å². The number of aliphatic hydroxyl groups excluding tert-OH is 3. The summed E-state index contributed by atoms with van der Waals surface area (Å²) in [7, 11) is 0. The van der Waals surface area contributed by atoms with E-state index < -0.39 is 6.10 Å². The third kappa shape index (κ3) is 6.95. The maximum Gasteiger partial charge on any atom is 0.100 e. The van der Waals surface area contributed by atoms with Gasteiger partial charge in [0.1, 0.15) is 6.10 Å². The molecule has 0 aromatic heterocycles. The quantitative estimate of drug-likeness (QED) is 0.557. The normalized spacial score (nSPS) is 16.4. The Bertz CT molecular complexity index is 103. The standard InChI is InChI=1S/C6H13N.C3H8O3/c1-2-4-7-5-3-6-7;4-1-3(6)2-5/h2-6H2,1H3;3-6H,1-2H2. The predicted octanol–water partition coefficient (Wildman–Crippen LogP) is -0.566. The molecule has 1 fully saturated rings. The van der Waals surface area contributed by atoms with E-state index in [0.29, 0.717) is 0 Å². The molecule has 0 aromatic carbocycles. The molecule has 0 bridgehead atoms. The van der Waals surface area contributed by atoms with Crippen molar-refractivity contribution in [3.05, 3.63) is 0 Å². The van der Waals surface area contributed by atoms with Gasteiger partial charge in [-0.2, -0.15) is 0 Å². The molecule has 0 aliphatic carbocycles. The van der Waals surface area contributed by atoms with E-state index in [1.165, 1.54) is 32.5 Å². The van der Waals surface area contributed by atoms with Crippen molar-refractivity contribution in [2.75, 3.05) is 32.8 Å². The Balaban J connectivity index is 0.000000226. The molecule has 0 aromatic rings. The molecule has 0 saturated carbocycles. The first-order valence-electron chi connectivity index (χ1n) is 4.86. The summed E-state index contributed by atoms with van der Waals surface area (Å²) in [5, 5.41) is 24.0. The van der Waals surface area contributed by atoms with Gasteiger partial charge in [0, 0.05) is 0 Å². The fraction of sp³-hybridized carbons (Fsp3) is 1.00. The van der Waals surface area contributed by atoms with Gasteiger partial charge in [-0.3, -0.25) is 0 Å². The molecule has 0 amide bonds. The van der Waals surface area contributed by atoms with E-state index in [2.05, 4.69) is 11.8 Å². The van der Waals surface area contributed by atoms with Crippen LogP contribution in [0.15, 0.2) is 0 Å². The summed E-state index contributed by atoms with van der Waals surface area (Å²) in [5.74, 6) is 0. The zero-order valence-corrected chi connectivity index (χ0v) is 8.32. The van der Waals surface area contributed by atoms with Crippen molar-refractivity contribution in [3.8, 4) is 0 Å². The van der Waals surface area contributed by atoms with Crippen molar-refractivity contribution >= 4 is 0 Å². The van der Waals surface area contributed by atoms with Crippen LogP contribution in [-0.2, 0) is 0 Å². The third-order valence-electron chi connectivity index (χ3n) is 1.91. The molecule has 80 valence electrons. The highest BCUT2D eigenvalue weighted by Gasteiger charge is 2.10. The number of hydrogen-bond acceptors (Lipinski definition) is 4. The van der Waals surface area contributed by atoms with Crippen LogP contribution in [0, 0.1) is 0 Å². The number of nitrogens with zero attached hydrogens (tertiary/aromatic N) is 1. The maximum absolute atomic E-state index is 8.17. The summed E-state index contributed by atoms with van der Waals surface area (Å²) in [6.45, 7) is 5.53. The molecule has 1 saturated heterocycles. The van der Waals surface area contributed by atoms with Crippen molar-refractivity contribution in [1.82, 2.24) is 4.90 Å². The van der Waals surface area contributed by atoms with E-state index >= 15 is 0 Å². The molecule has 3 N–H and O–H groups in total. The Kier molecular flexibility index (Phi) is 8.33. The van der Waals surface area contributed by atoms with Crippen LogP contribution in [0.3, 0.4) is 0 Å². The second-order valence-electron chi connectivity index (χ2n) is 3.21. The van der Waals surface area contributed by atoms with Crippen molar-refractivity contribution in [2.45, 2.75) is 25.9 Å². The first-order chi connectivity index (χ1) is 6.24. The van der Waals surface area contributed by atoms with E-state index in [0.717, 1.165) is 0 Å². The summed E-state index contributed by atoms with van der Waals surface area (Å²) in [4.78, 5) is 2.49. The van der Waals surface area contributed by atoms with Crippen LogP contribution >= 0.6 is 0 Å². The number of likely N-dealkylation sites (tertiary alicyclic amines) is 1. The van der Waals surface area contributed by atoms with Gasteiger partial charge >= 0.3 is 0 Å². The average Bonchev–Trinajstić information content (AvgIpc) is 2.11. The molecule has 0 radical (unpaired) electrons. The van der Waals surface area contributed by atoms with Crippen molar-refractivity contribution in [3.63, 3.8) is 0 Å². The van der Waals surface area contributed by atoms with Crippen LogP contribution < -0.4 is 0 Å². The predicted molar refractivity (Wildman–Crippen MR) is 51.5 cm³/mol. The Morgan fingerprint density at radius 2 is 1.77 bits per heavy atom. The van der Waals surface area contributed by atoms with E-state index in [1.54, 1.807) is 0 Å². The van der Waals surface area contributed by atoms with Gasteiger partial charge in [0.25, 0.3) is 0 Å². The Morgan fingerprint density at radius 3 is 1.85 bits per heavy atom. The molecule has 0 unspecified atom stereocenters. The van der Waals surface area contributed by atoms with Gasteiger partial charge in [-0.1, -0.05) is 6.92 Å². The summed E-state index contributed by atoms with van der Waals surface area (Å²) >= 11 is 0. The van der Waals surface area contributed by atoms with Gasteiger partial charge in [-0.25, -0.2) is 0 Å². The van der Waals surface area contributed by atoms with Gasteiger partial charge in [-0.15, -0.1) is 0 Å². The van der Waals surface area contributed by atoms with Gasteiger partial charge in [0.15, 0.2) is 0 Å². The molecule has 13 heavy (non-hydrogen) atoms. The number of hydrogen-bond donors (Lipinski definition) is 3. The first-order valence-corrected chi connectivity index (χ1v) is 4.86. The topological polar surface area (TPSA) is 63.9 Å². The maximum atomic E-state index is 8.17. The van der Waals surface area contributed by atoms with Crippen LogP contribution in [0.1, 0.15) is 19.8 Å². The van der Waals surface area contributed by atoms with E-state index in [4.69, 9.17) is 15.3 Å². The SMILES string of the molecule is CCCN1CCC1.OCC(O)CO. The fourth-order valence-corrected chi connectivity index (χ4v) is 0.979. The Labute approximate surface area is 79.8 Å². The third-order valence-corrected chi connectivity index (χ3v) is 1.91. The zero-order chi connectivity index (χ0) is 10.1. The van der Waals surface area contributed by atoms with Crippen LogP contribution in [0.5, 0.6) is 0 Å². The van der Waals surface area contributed by atoms with Crippen molar-refractivity contribution in [2.24, 2.45) is 0 Å². The van der Waals surface area contributed by atoms with Gasteiger partial charge < -0.3 is 20.2 Å². The fourth-order valence-electron chi connectivity index (χ4n) is 0.979. The van der Waals surface area contributed by atoms with Crippen molar-refractivity contribution in [1.29, 1.82) is 0 Å². The first kappa shape index (κ1) is 12.8. The molecule has 4 heteroatoms. The van der Waals surface area contributed by atoms with Crippen LogP contribution in [0.2, 0.25) is 0 Å². The smallest absolute Gasteiger partial charge is 0.100 e. The number of aliphatic hydroxyl groups is 3. The second-order valence-corrected chi connectivity index (χ2v) is 3.21. The van der Waals surface area contributed by atoms with E-state index in [9.17, 15) is 0 Å². The minimum absolute atomic E-state index is 0.365. The van der Waals surface area contributed by atoms with Crippen LogP contribution in [-0.4, -0.2) is 59.2 Å². The molecular formula is C9H21NO3. The summed E-state index contributed by atoms with van der Waals surface area (Å²) in [5.41, 5.74) is 0. The molecule has 0 atom stereocenters. The monoisotopic (exact) mass is 191 g/mol. The molecule has 1 aliphatic heterocycles. The lowest BCUT2D eigenvalue weighted by atomic mass is 10.2. The van der Waals surface area contributed by atoms with Gasteiger partial charge in [0.2, 0.25) is 0 Å². The minimum atomic E-state index is -0.954. The van der Waals surface area contributed by atoms with Crippen LogP contribution in [0.25, 0.3) is 0 Å². The molecule has 1 rings (SSSR count). The highest BCUT2D eigenvalue weighted by molar-refractivity contribution is 4.66. The lowest BCUT2D eigenvalue weighted by Crippen LogP contribution is -2.37. The lowest BCUT2D eigenvalue weighted by Gasteiger charge is -2.29. The van der Waals surface area contributed by atoms with Gasteiger partial charge in [0.05, 0.1) is 13.2 Å². The molecular weight excluding hydrogens is 170 g/mol. The zero-order valence-electron chi connectivity index (χ0n) is 8.32. The summed E-state index contributed by atoms with van der Waals surface area (Å²) < 4.78 is 0. The molecule has 1 aliphatic rings. The largest absolute Gasteiger partial charge is 0.394 e. The Morgan fingerprint density at radius 1 is 1.23 bits per heavy atom. The molecule has 4 nitrogen and oxygen atoms in total. The molecule has 1 heterocycles. The molecule has 0 spiro atoms. The Hall–Kier alpha value is -0.160. The lowest BCUT2D eigenvalue weighted by molar-refractivity contribution is 0.0450. The average molecular weight is 191 g/mol.